The minimum Gasteiger partial charge on any atom is -0.457 e. The molecular weight excluding hydrogens is 440 g/mol. The van der Waals surface area contributed by atoms with Crippen molar-refractivity contribution in [2.45, 2.75) is 38.9 Å². The first-order chi connectivity index (χ1) is 14.6. The number of fused-ring (bicyclic) bond motifs is 1. The van der Waals surface area contributed by atoms with Crippen LogP contribution in [0.5, 0.6) is 11.5 Å². The summed E-state index contributed by atoms with van der Waals surface area (Å²) in [5.74, 6) is -1.80. The molecule has 166 valence electrons. The van der Waals surface area contributed by atoms with Crippen molar-refractivity contribution in [2.75, 3.05) is 6.54 Å². The Morgan fingerprint density at radius 3 is 2.65 bits per heavy atom. The van der Waals surface area contributed by atoms with Gasteiger partial charge in [0.15, 0.2) is 0 Å². The highest BCUT2D eigenvalue weighted by Crippen LogP contribution is 2.39. The van der Waals surface area contributed by atoms with Crippen molar-refractivity contribution in [3.05, 3.63) is 46.7 Å². The van der Waals surface area contributed by atoms with Crippen LogP contribution in [0.4, 0.5) is 17.6 Å². The molecule has 2 aromatic carbocycles. The van der Waals surface area contributed by atoms with Gasteiger partial charge in [-0.3, -0.25) is 4.79 Å². The second-order valence-corrected chi connectivity index (χ2v) is 7.27. The molecule has 0 saturated heterocycles. The average molecular weight is 459 g/mol. The molecule has 0 fully saturated rings. The quantitative estimate of drug-likeness (QED) is 0.374. The molecule has 0 saturated carbocycles. The van der Waals surface area contributed by atoms with E-state index < -0.39 is 28.6 Å². The van der Waals surface area contributed by atoms with Crippen molar-refractivity contribution in [3.8, 4) is 11.5 Å². The summed E-state index contributed by atoms with van der Waals surface area (Å²) >= 11 is 5.61. The number of amides is 1. The summed E-state index contributed by atoms with van der Waals surface area (Å²) in [7, 11) is 0. The third kappa shape index (κ3) is 5.07. The second kappa shape index (κ2) is 9.09. The Hall–Kier alpha value is -2.88. The fraction of sp³-hybridized carbons (Fsp3) is 0.350. The molecule has 1 N–H and O–H groups in total. The maximum absolute atomic E-state index is 13.9. The zero-order chi connectivity index (χ0) is 22.8. The van der Waals surface area contributed by atoms with Gasteiger partial charge >= 0.3 is 6.18 Å². The molecule has 3 aromatic rings. The van der Waals surface area contributed by atoms with Crippen LogP contribution in [-0.2, 0) is 11.0 Å². The molecule has 3 rings (SSSR count). The number of nitrogens with zero attached hydrogens (tertiary/aromatic N) is 3. The molecule has 1 atom stereocenters. The van der Waals surface area contributed by atoms with Crippen LogP contribution in [0.1, 0.15) is 38.3 Å². The smallest absolute Gasteiger partial charge is 0.420 e. The molecule has 0 aliphatic heterocycles. The van der Waals surface area contributed by atoms with Crippen LogP contribution in [0.25, 0.3) is 11.0 Å². The lowest BCUT2D eigenvalue weighted by atomic mass is 10.2. The third-order valence-corrected chi connectivity index (χ3v) is 4.85. The molecular formula is C20H19ClF4N4O2. The molecule has 1 aromatic heterocycles. The number of nitrogens with one attached hydrogen (secondary N) is 1. The largest absolute Gasteiger partial charge is 0.457 e. The number of hydrogen-bond donors (Lipinski definition) is 1. The molecule has 31 heavy (non-hydrogen) atoms. The van der Waals surface area contributed by atoms with E-state index >= 15 is 0 Å². The van der Waals surface area contributed by atoms with Gasteiger partial charge in [0.25, 0.3) is 0 Å². The normalized spacial score (nSPS) is 12.7. The van der Waals surface area contributed by atoms with E-state index in [1.807, 2.05) is 6.92 Å². The lowest BCUT2D eigenvalue weighted by Gasteiger charge is -2.14. The Balaban J connectivity index is 1.86. The number of hydrogen-bond acceptors (Lipinski definition) is 4. The average Bonchev–Trinajstić information content (AvgIpc) is 3.09. The Kier molecular flexibility index (Phi) is 6.68. The molecule has 6 nitrogen and oxygen atoms in total. The second-order valence-electron chi connectivity index (χ2n) is 6.87. The van der Waals surface area contributed by atoms with E-state index in [0.29, 0.717) is 23.6 Å². The van der Waals surface area contributed by atoms with E-state index in [1.165, 1.54) is 16.8 Å². The topological polar surface area (TPSA) is 69.0 Å². The van der Waals surface area contributed by atoms with Crippen LogP contribution in [0.2, 0.25) is 5.02 Å². The van der Waals surface area contributed by atoms with Gasteiger partial charge in [-0.05, 0) is 25.5 Å². The highest BCUT2D eigenvalue weighted by atomic mass is 35.5. The van der Waals surface area contributed by atoms with E-state index in [-0.39, 0.29) is 17.4 Å². The first kappa shape index (κ1) is 22.8. The molecule has 0 bridgehead atoms. The van der Waals surface area contributed by atoms with Gasteiger partial charge in [0.05, 0.1) is 10.5 Å². The van der Waals surface area contributed by atoms with Gasteiger partial charge in [0.2, 0.25) is 5.91 Å². The fourth-order valence-corrected chi connectivity index (χ4v) is 3.23. The van der Waals surface area contributed by atoms with E-state index in [9.17, 15) is 22.4 Å². The standard InChI is InChI=1S/C20H19ClF4N4O2/c1-3-4-7-26-19(30)11(2)29-17-10-12(5-6-16(17)27-28-29)31-13-8-14(21)18(15(22)9-13)20(23,24)25/h5-6,8-11H,3-4,7H2,1-2H3,(H,26,30). The summed E-state index contributed by atoms with van der Waals surface area (Å²) in [5, 5.41) is 10.0. The number of halogens is 5. The summed E-state index contributed by atoms with van der Waals surface area (Å²) in [4.78, 5) is 12.3. The van der Waals surface area contributed by atoms with Gasteiger partial charge < -0.3 is 10.1 Å². The van der Waals surface area contributed by atoms with E-state index in [4.69, 9.17) is 16.3 Å². The molecule has 1 heterocycles. The summed E-state index contributed by atoms with van der Waals surface area (Å²) in [6.45, 7) is 4.21. The monoisotopic (exact) mass is 458 g/mol. The van der Waals surface area contributed by atoms with E-state index in [1.54, 1.807) is 13.0 Å². The number of carbonyl (C=O) groups is 1. The number of ether oxygens (including phenoxy) is 1. The van der Waals surface area contributed by atoms with Crippen LogP contribution in [0.15, 0.2) is 30.3 Å². The Morgan fingerprint density at radius 1 is 1.26 bits per heavy atom. The highest BCUT2D eigenvalue weighted by molar-refractivity contribution is 6.31. The lowest BCUT2D eigenvalue weighted by Crippen LogP contribution is -2.32. The predicted molar refractivity (Wildman–Crippen MR) is 107 cm³/mol. The molecule has 0 radical (unpaired) electrons. The molecule has 0 aliphatic rings. The number of carbonyl (C=O) groups excluding carboxylic acids is 1. The number of benzene rings is 2. The first-order valence-corrected chi connectivity index (χ1v) is 9.86. The van der Waals surface area contributed by atoms with E-state index in [0.717, 1.165) is 18.9 Å². The van der Waals surface area contributed by atoms with Crippen molar-refractivity contribution in [2.24, 2.45) is 0 Å². The molecule has 0 aliphatic carbocycles. The number of aromatic nitrogens is 3. The van der Waals surface area contributed by atoms with Crippen LogP contribution < -0.4 is 10.1 Å². The Labute approximate surface area is 180 Å². The summed E-state index contributed by atoms with van der Waals surface area (Å²) < 4.78 is 59.5. The van der Waals surface area contributed by atoms with Gasteiger partial charge in [-0.15, -0.1) is 5.10 Å². The highest BCUT2D eigenvalue weighted by Gasteiger charge is 2.37. The van der Waals surface area contributed by atoms with Crippen molar-refractivity contribution in [1.82, 2.24) is 20.3 Å². The van der Waals surface area contributed by atoms with Crippen LogP contribution >= 0.6 is 11.6 Å². The van der Waals surface area contributed by atoms with Crippen LogP contribution in [0.3, 0.4) is 0 Å². The predicted octanol–water partition coefficient (Wildman–Crippen LogP) is 5.51. The van der Waals surface area contributed by atoms with Crippen LogP contribution in [-0.4, -0.2) is 27.4 Å². The first-order valence-electron chi connectivity index (χ1n) is 9.48. The molecule has 1 amide bonds. The summed E-state index contributed by atoms with van der Waals surface area (Å²) in [5.41, 5.74) is -0.603. The minimum atomic E-state index is -4.93. The zero-order valence-corrected chi connectivity index (χ0v) is 17.4. The van der Waals surface area contributed by atoms with Crippen molar-refractivity contribution in [3.63, 3.8) is 0 Å². The zero-order valence-electron chi connectivity index (χ0n) is 16.6. The van der Waals surface area contributed by atoms with Crippen molar-refractivity contribution < 1.29 is 27.1 Å². The molecule has 1 unspecified atom stereocenters. The van der Waals surface area contributed by atoms with Gasteiger partial charge in [0, 0.05) is 24.7 Å². The fourth-order valence-electron chi connectivity index (χ4n) is 2.93. The Bertz CT molecular complexity index is 1080. The maximum atomic E-state index is 13.9. The molecule has 11 heteroatoms. The van der Waals surface area contributed by atoms with Gasteiger partial charge in [-0.25, -0.2) is 9.07 Å². The lowest BCUT2D eigenvalue weighted by molar-refractivity contribution is -0.139. The SMILES string of the molecule is CCCCNC(=O)C(C)n1nnc2ccc(Oc3cc(F)c(C(F)(F)F)c(Cl)c3)cc21. The Morgan fingerprint density at radius 2 is 2.00 bits per heavy atom. The number of rotatable bonds is 7. The van der Waals surface area contributed by atoms with Gasteiger partial charge in [0.1, 0.15) is 34.4 Å². The summed E-state index contributed by atoms with van der Waals surface area (Å²) in [6, 6.07) is 5.41. The number of unbranched alkanes of at least 4 members (excludes halogenated alkanes) is 1. The van der Waals surface area contributed by atoms with Gasteiger partial charge in [-0.2, -0.15) is 13.2 Å². The van der Waals surface area contributed by atoms with Crippen molar-refractivity contribution >= 4 is 28.5 Å². The number of alkyl halides is 3. The van der Waals surface area contributed by atoms with Crippen molar-refractivity contribution in [1.29, 1.82) is 0 Å². The van der Waals surface area contributed by atoms with Gasteiger partial charge in [-0.1, -0.05) is 30.2 Å². The maximum Gasteiger partial charge on any atom is 0.420 e. The van der Waals surface area contributed by atoms with E-state index in [2.05, 4.69) is 15.6 Å². The third-order valence-electron chi connectivity index (χ3n) is 4.55. The minimum absolute atomic E-state index is 0.185. The molecule has 0 spiro atoms. The van der Waals surface area contributed by atoms with Crippen LogP contribution in [0, 0.1) is 5.82 Å². The summed E-state index contributed by atoms with van der Waals surface area (Å²) in [6.07, 6.45) is -3.14.